The van der Waals surface area contributed by atoms with Gasteiger partial charge in [0.1, 0.15) is 0 Å². The first-order chi connectivity index (χ1) is 8.29. The molecule has 4 heteroatoms. The number of para-hydroxylation sites is 1. The summed E-state index contributed by atoms with van der Waals surface area (Å²) in [6, 6.07) is 9.91. The third-order valence-electron chi connectivity index (χ3n) is 2.58. The summed E-state index contributed by atoms with van der Waals surface area (Å²) in [4.78, 5) is 11.1. The Balaban J connectivity index is 2.04. The van der Waals surface area contributed by atoms with Gasteiger partial charge < -0.3 is 5.32 Å². The SMILES string of the molecule is CNC(=O)CCc1cnn(-c2ccccc2)c1. The zero-order valence-electron chi connectivity index (χ0n) is 9.76. The fourth-order valence-corrected chi connectivity index (χ4v) is 1.59. The Morgan fingerprint density at radius 1 is 1.35 bits per heavy atom. The van der Waals surface area contributed by atoms with Crippen molar-refractivity contribution in [1.29, 1.82) is 0 Å². The summed E-state index contributed by atoms with van der Waals surface area (Å²) in [6.07, 6.45) is 4.97. The number of carbonyl (C=O) groups is 1. The maximum Gasteiger partial charge on any atom is 0.220 e. The van der Waals surface area contributed by atoms with E-state index in [9.17, 15) is 4.79 Å². The van der Waals surface area contributed by atoms with Crippen LogP contribution in [0.4, 0.5) is 0 Å². The largest absolute Gasteiger partial charge is 0.359 e. The van der Waals surface area contributed by atoms with E-state index in [0.29, 0.717) is 12.8 Å². The van der Waals surface area contributed by atoms with Gasteiger partial charge in [-0.2, -0.15) is 5.10 Å². The van der Waals surface area contributed by atoms with Gasteiger partial charge in [0.2, 0.25) is 5.91 Å². The molecule has 0 aliphatic carbocycles. The standard InChI is InChI=1S/C13H15N3O/c1-14-13(17)8-7-11-9-15-16(10-11)12-5-3-2-4-6-12/h2-6,9-10H,7-8H2,1H3,(H,14,17). The minimum Gasteiger partial charge on any atom is -0.359 e. The van der Waals surface area contributed by atoms with E-state index in [1.807, 2.05) is 41.2 Å². The molecule has 0 radical (unpaired) electrons. The van der Waals surface area contributed by atoms with Gasteiger partial charge in [-0.3, -0.25) is 4.79 Å². The zero-order valence-corrected chi connectivity index (χ0v) is 9.76. The molecule has 4 nitrogen and oxygen atoms in total. The fraction of sp³-hybridized carbons (Fsp3) is 0.231. The number of nitrogens with zero attached hydrogens (tertiary/aromatic N) is 2. The van der Waals surface area contributed by atoms with Gasteiger partial charge in [0.15, 0.2) is 0 Å². The van der Waals surface area contributed by atoms with Crippen molar-refractivity contribution in [2.24, 2.45) is 0 Å². The third kappa shape index (κ3) is 2.93. The number of aryl methyl sites for hydroxylation is 1. The number of rotatable bonds is 4. The Kier molecular flexibility index (Phi) is 3.55. The molecule has 1 heterocycles. The molecule has 88 valence electrons. The van der Waals surface area contributed by atoms with E-state index in [4.69, 9.17) is 0 Å². The molecule has 0 fully saturated rings. The highest BCUT2D eigenvalue weighted by atomic mass is 16.1. The number of amides is 1. The summed E-state index contributed by atoms with van der Waals surface area (Å²) < 4.78 is 1.82. The van der Waals surface area contributed by atoms with Crippen molar-refractivity contribution in [2.75, 3.05) is 7.05 Å². The molecule has 1 N–H and O–H groups in total. The molecule has 2 rings (SSSR count). The summed E-state index contributed by atoms with van der Waals surface area (Å²) in [5.41, 5.74) is 2.09. The van der Waals surface area contributed by atoms with Crippen molar-refractivity contribution in [2.45, 2.75) is 12.8 Å². The molecule has 0 saturated heterocycles. The van der Waals surface area contributed by atoms with Crippen molar-refractivity contribution in [3.63, 3.8) is 0 Å². The van der Waals surface area contributed by atoms with Gasteiger partial charge in [0, 0.05) is 19.7 Å². The van der Waals surface area contributed by atoms with Crippen LogP contribution in [-0.4, -0.2) is 22.7 Å². The van der Waals surface area contributed by atoms with E-state index in [2.05, 4.69) is 10.4 Å². The molecule has 1 amide bonds. The number of hydrogen-bond acceptors (Lipinski definition) is 2. The van der Waals surface area contributed by atoms with Gasteiger partial charge in [0.25, 0.3) is 0 Å². The lowest BCUT2D eigenvalue weighted by atomic mass is 10.2. The molecule has 0 aliphatic rings. The Morgan fingerprint density at radius 2 is 2.12 bits per heavy atom. The topological polar surface area (TPSA) is 46.9 Å². The average Bonchev–Trinajstić information content (AvgIpc) is 2.86. The highest BCUT2D eigenvalue weighted by Crippen LogP contribution is 2.08. The Morgan fingerprint density at radius 3 is 2.82 bits per heavy atom. The first kappa shape index (κ1) is 11.4. The van der Waals surface area contributed by atoms with E-state index in [1.165, 1.54) is 0 Å². The maximum atomic E-state index is 11.1. The summed E-state index contributed by atoms with van der Waals surface area (Å²) in [5.74, 6) is 0.0532. The first-order valence-corrected chi connectivity index (χ1v) is 5.59. The number of hydrogen-bond donors (Lipinski definition) is 1. The predicted octanol–water partition coefficient (Wildman–Crippen LogP) is 1.55. The molecule has 0 atom stereocenters. The van der Waals surface area contributed by atoms with Crippen LogP contribution in [0.25, 0.3) is 5.69 Å². The molecular formula is C13H15N3O. The number of benzene rings is 1. The van der Waals surface area contributed by atoms with Gasteiger partial charge in [-0.1, -0.05) is 18.2 Å². The van der Waals surface area contributed by atoms with Crippen LogP contribution < -0.4 is 5.32 Å². The van der Waals surface area contributed by atoms with Crippen molar-refractivity contribution in [3.8, 4) is 5.69 Å². The number of carbonyl (C=O) groups excluding carboxylic acids is 1. The molecule has 17 heavy (non-hydrogen) atoms. The van der Waals surface area contributed by atoms with E-state index < -0.39 is 0 Å². The van der Waals surface area contributed by atoms with Crippen molar-refractivity contribution in [1.82, 2.24) is 15.1 Å². The molecular weight excluding hydrogens is 214 g/mol. The monoisotopic (exact) mass is 229 g/mol. The highest BCUT2D eigenvalue weighted by Gasteiger charge is 2.03. The van der Waals surface area contributed by atoms with Crippen LogP contribution in [-0.2, 0) is 11.2 Å². The lowest BCUT2D eigenvalue weighted by molar-refractivity contribution is -0.120. The van der Waals surface area contributed by atoms with Crippen LogP contribution in [0.1, 0.15) is 12.0 Å². The van der Waals surface area contributed by atoms with Crippen molar-refractivity contribution < 1.29 is 4.79 Å². The van der Waals surface area contributed by atoms with E-state index in [0.717, 1.165) is 11.3 Å². The molecule has 0 bridgehead atoms. The van der Waals surface area contributed by atoms with E-state index in [-0.39, 0.29) is 5.91 Å². The predicted molar refractivity (Wildman–Crippen MR) is 66.0 cm³/mol. The van der Waals surface area contributed by atoms with Crippen LogP contribution >= 0.6 is 0 Å². The molecule has 1 aromatic heterocycles. The second-order valence-electron chi connectivity index (χ2n) is 3.80. The molecule has 1 aromatic carbocycles. The molecule has 0 aliphatic heterocycles. The Bertz CT molecular complexity index is 490. The second kappa shape index (κ2) is 5.30. The number of aromatic nitrogens is 2. The lowest BCUT2D eigenvalue weighted by Gasteiger charge is -1.99. The van der Waals surface area contributed by atoms with Gasteiger partial charge in [-0.05, 0) is 24.1 Å². The molecule has 0 saturated carbocycles. The highest BCUT2D eigenvalue weighted by molar-refractivity contribution is 5.75. The Labute approximate surface area is 100 Å². The smallest absolute Gasteiger partial charge is 0.220 e. The fourth-order valence-electron chi connectivity index (χ4n) is 1.59. The molecule has 2 aromatic rings. The minimum absolute atomic E-state index is 0.0532. The van der Waals surface area contributed by atoms with E-state index in [1.54, 1.807) is 13.2 Å². The average molecular weight is 229 g/mol. The van der Waals surface area contributed by atoms with Crippen molar-refractivity contribution >= 4 is 5.91 Å². The second-order valence-corrected chi connectivity index (χ2v) is 3.80. The van der Waals surface area contributed by atoms with Crippen LogP contribution in [0.2, 0.25) is 0 Å². The van der Waals surface area contributed by atoms with Crippen molar-refractivity contribution in [3.05, 3.63) is 48.3 Å². The minimum atomic E-state index is 0.0532. The molecule has 0 unspecified atom stereocenters. The first-order valence-electron chi connectivity index (χ1n) is 5.59. The summed E-state index contributed by atoms with van der Waals surface area (Å²) in [7, 11) is 1.65. The van der Waals surface area contributed by atoms with Gasteiger partial charge in [-0.15, -0.1) is 0 Å². The summed E-state index contributed by atoms with van der Waals surface area (Å²) >= 11 is 0. The number of nitrogens with one attached hydrogen (secondary N) is 1. The Hall–Kier alpha value is -2.10. The summed E-state index contributed by atoms with van der Waals surface area (Å²) in [6.45, 7) is 0. The van der Waals surface area contributed by atoms with Crippen LogP contribution in [0.5, 0.6) is 0 Å². The lowest BCUT2D eigenvalue weighted by Crippen LogP contribution is -2.17. The normalized spacial score (nSPS) is 10.2. The van der Waals surface area contributed by atoms with Crippen LogP contribution in [0.15, 0.2) is 42.7 Å². The quantitative estimate of drug-likeness (QED) is 0.864. The maximum absolute atomic E-state index is 11.1. The zero-order chi connectivity index (χ0) is 12.1. The van der Waals surface area contributed by atoms with Gasteiger partial charge in [0.05, 0.1) is 11.9 Å². The molecule has 0 spiro atoms. The van der Waals surface area contributed by atoms with Crippen LogP contribution in [0, 0.1) is 0 Å². The van der Waals surface area contributed by atoms with Gasteiger partial charge in [-0.25, -0.2) is 4.68 Å². The van der Waals surface area contributed by atoms with Gasteiger partial charge >= 0.3 is 0 Å². The summed E-state index contributed by atoms with van der Waals surface area (Å²) in [5, 5.41) is 6.88. The van der Waals surface area contributed by atoms with E-state index >= 15 is 0 Å². The van der Waals surface area contributed by atoms with Crippen LogP contribution in [0.3, 0.4) is 0 Å². The third-order valence-corrected chi connectivity index (χ3v) is 2.58.